The number of pyridine rings is 1. The number of nitrogens with one attached hydrogen (secondary N) is 2. The Balaban J connectivity index is 1.53. The van der Waals surface area contributed by atoms with Gasteiger partial charge in [-0.25, -0.2) is 9.37 Å². The minimum absolute atomic E-state index is 0.145. The van der Waals surface area contributed by atoms with Crippen LogP contribution in [0.4, 0.5) is 4.39 Å². The van der Waals surface area contributed by atoms with Crippen LogP contribution in [0.5, 0.6) is 5.88 Å². The quantitative estimate of drug-likeness (QED) is 0.681. The Kier molecular flexibility index (Phi) is 4.18. The van der Waals surface area contributed by atoms with E-state index in [9.17, 15) is 19.1 Å². The number of carboxylic acid groups (broad SMARTS) is 1. The van der Waals surface area contributed by atoms with E-state index in [1.165, 1.54) is 19.2 Å². The van der Waals surface area contributed by atoms with Crippen LogP contribution in [0.15, 0.2) is 18.3 Å². The van der Waals surface area contributed by atoms with E-state index in [1.54, 1.807) is 0 Å². The van der Waals surface area contributed by atoms with Crippen molar-refractivity contribution in [2.24, 2.45) is 11.8 Å². The number of carboxylic acids is 1. The number of Topliss-reactive ketones (excluding diaryl/α,β-unsaturated/α-hetero) is 1. The largest absolute Gasteiger partial charge is 0.481 e. The minimum Gasteiger partial charge on any atom is -0.481 e. The monoisotopic (exact) mass is 374 g/mol. The number of carbonyl (C=O) groups excluding carboxylic acids is 1. The zero-order valence-electron chi connectivity index (χ0n) is 14.7. The molecule has 27 heavy (non-hydrogen) atoms. The van der Waals surface area contributed by atoms with Gasteiger partial charge in [0.1, 0.15) is 5.69 Å². The number of aromatic amines is 1. The average molecular weight is 374 g/mol. The van der Waals surface area contributed by atoms with Gasteiger partial charge >= 0.3 is 5.97 Å². The van der Waals surface area contributed by atoms with Crippen molar-refractivity contribution in [3.63, 3.8) is 0 Å². The molecule has 9 heteroatoms. The summed E-state index contributed by atoms with van der Waals surface area (Å²) >= 11 is 0. The van der Waals surface area contributed by atoms with Crippen LogP contribution in [-0.2, 0) is 4.79 Å². The molecule has 142 valence electrons. The number of hydrogen-bond acceptors (Lipinski definition) is 6. The van der Waals surface area contributed by atoms with E-state index in [-0.39, 0.29) is 34.5 Å². The molecular weight excluding hydrogens is 355 g/mol. The maximum absolute atomic E-state index is 14.1. The average Bonchev–Trinajstić information content (AvgIpc) is 3.13. The molecular formula is C18H19FN4O4. The molecule has 1 aliphatic carbocycles. The third-order valence-corrected chi connectivity index (χ3v) is 5.48. The smallest absolute Gasteiger partial charge is 0.306 e. The maximum atomic E-state index is 14.1. The number of piperidine rings is 1. The highest BCUT2D eigenvalue weighted by Crippen LogP contribution is 2.51. The summed E-state index contributed by atoms with van der Waals surface area (Å²) in [5.41, 5.74) is 0.298. The van der Waals surface area contributed by atoms with Crippen LogP contribution in [0, 0.1) is 17.7 Å². The van der Waals surface area contributed by atoms with Crippen LogP contribution in [0.2, 0.25) is 0 Å². The predicted molar refractivity (Wildman–Crippen MR) is 91.9 cm³/mol. The lowest BCUT2D eigenvalue weighted by Crippen LogP contribution is -2.44. The van der Waals surface area contributed by atoms with Crippen LogP contribution in [-0.4, -0.2) is 51.2 Å². The van der Waals surface area contributed by atoms with Crippen molar-refractivity contribution >= 4 is 11.8 Å². The van der Waals surface area contributed by atoms with Gasteiger partial charge in [-0.15, -0.1) is 0 Å². The van der Waals surface area contributed by atoms with Gasteiger partial charge in [0, 0.05) is 23.1 Å². The van der Waals surface area contributed by atoms with Gasteiger partial charge in [0.05, 0.1) is 24.9 Å². The zero-order chi connectivity index (χ0) is 19.2. The number of methoxy groups -OCH3 is 1. The molecule has 4 rings (SSSR count). The zero-order valence-corrected chi connectivity index (χ0v) is 14.7. The topological polar surface area (TPSA) is 117 Å². The highest BCUT2D eigenvalue weighted by molar-refractivity contribution is 6.00. The van der Waals surface area contributed by atoms with Gasteiger partial charge in [0.25, 0.3) is 0 Å². The highest BCUT2D eigenvalue weighted by Gasteiger charge is 2.60. The van der Waals surface area contributed by atoms with Gasteiger partial charge in [0.2, 0.25) is 5.88 Å². The Labute approximate surface area is 154 Å². The summed E-state index contributed by atoms with van der Waals surface area (Å²) in [7, 11) is 1.43. The summed E-state index contributed by atoms with van der Waals surface area (Å²) in [6.45, 7) is 0.580. The standard InChI is InChI=1S/C18H19FN4O4/c1-27-15-4-10(12(19)8-20-15)13-5-14(23-22-13)16(24)11-7-18(11)6-9(17(25)26)2-3-21-18/h4-5,8-9,11,21H,2-3,6-7H2,1H3,(H,22,23)(H,25,26). The van der Waals surface area contributed by atoms with E-state index in [4.69, 9.17) is 4.74 Å². The van der Waals surface area contributed by atoms with E-state index >= 15 is 0 Å². The molecule has 2 fully saturated rings. The number of aliphatic carboxylic acids is 1. The van der Waals surface area contributed by atoms with Crippen LogP contribution in [0.1, 0.15) is 29.8 Å². The van der Waals surface area contributed by atoms with Crippen LogP contribution >= 0.6 is 0 Å². The number of carbonyl (C=O) groups is 2. The fourth-order valence-electron chi connectivity index (χ4n) is 3.89. The van der Waals surface area contributed by atoms with Crippen molar-refractivity contribution < 1.29 is 23.8 Å². The fraction of sp³-hybridized carbons (Fsp3) is 0.444. The summed E-state index contributed by atoms with van der Waals surface area (Å²) < 4.78 is 19.1. The third-order valence-electron chi connectivity index (χ3n) is 5.48. The number of ketones is 1. The van der Waals surface area contributed by atoms with E-state index in [1.807, 2.05) is 0 Å². The third kappa shape index (κ3) is 3.08. The number of aromatic nitrogens is 3. The molecule has 8 nitrogen and oxygen atoms in total. The van der Waals surface area contributed by atoms with Crippen LogP contribution < -0.4 is 10.1 Å². The fourth-order valence-corrected chi connectivity index (χ4v) is 3.89. The van der Waals surface area contributed by atoms with Crippen molar-refractivity contribution in [2.75, 3.05) is 13.7 Å². The molecule has 2 aliphatic rings. The first-order valence-electron chi connectivity index (χ1n) is 8.71. The summed E-state index contributed by atoms with van der Waals surface area (Å²) in [6.07, 6.45) is 2.64. The molecule has 3 atom stereocenters. The molecule has 1 saturated heterocycles. The van der Waals surface area contributed by atoms with Gasteiger partial charge in [-0.2, -0.15) is 5.10 Å². The maximum Gasteiger partial charge on any atom is 0.306 e. The molecule has 1 aliphatic heterocycles. The van der Waals surface area contributed by atoms with Crippen molar-refractivity contribution in [2.45, 2.75) is 24.8 Å². The van der Waals surface area contributed by atoms with E-state index in [2.05, 4.69) is 20.5 Å². The lowest BCUT2D eigenvalue weighted by atomic mass is 9.88. The predicted octanol–water partition coefficient (Wildman–Crippen LogP) is 1.64. The first-order chi connectivity index (χ1) is 12.9. The first kappa shape index (κ1) is 17.6. The van der Waals surface area contributed by atoms with Crippen molar-refractivity contribution in [3.8, 4) is 17.1 Å². The molecule has 1 saturated carbocycles. The summed E-state index contributed by atoms with van der Waals surface area (Å²) in [6, 6.07) is 2.92. The Hall–Kier alpha value is -2.81. The van der Waals surface area contributed by atoms with Gasteiger partial charge in [-0.05, 0) is 31.9 Å². The second-order valence-corrected chi connectivity index (χ2v) is 7.11. The van der Waals surface area contributed by atoms with E-state index in [0.29, 0.717) is 25.8 Å². The number of nitrogens with zero attached hydrogens (tertiary/aromatic N) is 2. The lowest BCUT2D eigenvalue weighted by molar-refractivity contribution is -0.143. The molecule has 0 aromatic carbocycles. The number of hydrogen-bond donors (Lipinski definition) is 3. The lowest BCUT2D eigenvalue weighted by Gasteiger charge is -2.28. The van der Waals surface area contributed by atoms with Gasteiger partial charge in [-0.1, -0.05) is 0 Å². The summed E-state index contributed by atoms with van der Waals surface area (Å²) in [5.74, 6) is -2.02. The molecule has 3 heterocycles. The number of rotatable bonds is 5. The molecule has 3 N–H and O–H groups in total. The molecule has 2 aromatic heterocycles. The minimum atomic E-state index is -0.820. The molecule has 0 bridgehead atoms. The summed E-state index contributed by atoms with van der Waals surface area (Å²) in [4.78, 5) is 27.9. The molecule has 2 aromatic rings. The number of halogens is 1. The van der Waals surface area contributed by atoms with Gasteiger partial charge in [0.15, 0.2) is 11.6 Å². The molecule has 0 radical (unpaired) electrons. The molecule has 0 amide bonds. The normalized spacial score (nSPS) is 26.7. The van der Waals surface area contributed by atoms with Crippen LogP contribution in [0.25, 0.3) is 11.3 Å². The molecule has 1 spiro atoms. The first-order valence-corrected chi connectivity index (χ1v) is 8.71. The molecule has 3 unspecified atom stereocenters. The van der Waals surface area contributed by atoms with E-state index in [0.717, 1.165) is 6.20 Å². The SMILES string of the molecule is COc1cc(-c2cc(C(=O)C3CC34CC(C(=O)O)CCN4)[nH]n2)c(F)cn1. The summed E-state index contributed by atoms with van der Waals surface area (Å²) in [5, 5.41) is 19.3. The van der Waals surface area contributed by atoms with Crippen molar-refractivity contribution in [3.05, 3.63) is 29.8 Å². The Bertz CT molecular complexity index is 915. The Morgan fingerprint density at radius 2 is 2.19 bits per heavy atom. The van der Waals surface area contributed by atoms with Crippen molar-refractivity contribution in [1.29, 1.82) is 0 Å². The van der Waals surface area contributed by atoms with Gasteiger partial charge < -0.3 is 15.2 Å². The number of ether oxygens (including phenoxy) is 1. The Morgan fingerprint density at radius 3 is 2.93 bits per heavy atom. The second-order valence-electron chi connectivity index (χ2n) is 7.11. The van der Waals surface area contributed by atoms with E-state index < -0.39 is 23.2 Å². The van der Waals surface area contributed by atoms with Crippen LogP contribution in [0.3, 0.4) is 0 Å². The highest BCUT2D eigenvalue weighted by atomic mass is 19.1. The second kappa shape index (κ2) is 6.41. The number of H-pyrrole nitrogens is 1. The van der Waals surface area contributed by atoms with Gasteiger partial charge in [-0.3, -0.25) is 14.7 Å². The van der Waals surface area contributed by atoms with Crippen molar-refractivity contribution in [1.82, 2.24) is 20.5 Å². The Morgan fingerprint density at radius 1 is 1.37 bits per heavy atom.